The van der Waals surface area contributed by atoms with E-state index in [1.165, 1.54) is 12.1 Å². The normalized spacial score (nSPS) is 18.1. The van der Waals surface area contributed by atoms with Crippen LogP contribution in [0.5, 0.6) is 0 Å². The van der Waals surface area contributed by atoms with E-state index >= 15 is 0 Å². The lowest BCUT2D eigenvalue weighted by Gasteiger charge is -2.33. The molecule has 3 rings (SSSR count). The molecule has 1 aromatic carbocycles. The molecule has 0 aromatic heterocycles. The lowest BCUT2D eigenvalue weighted by molar-refractivity contribution is -0.126. The third-order valence-electron chi connectivity index (χ3n) is 5.93. The molecule has 1 aromatic rings. The van der Waals surface area contributed by atoms with Gasteiger partial charge in [0.15, 0.2) is 0 Å². The summed E-state index contributed by atoms with van der Waals surface area (Å²) in [6, 6.07) is 6.21. The van der Waals surface area contributed by atoms with Crippen LogP contribution in [0.25, 0.3) is 0 Å². The van der Waals surface area contributed by atoms with Crippen LogP contribution in [0.15, 0.2) is 29.2 Å². The number of hydrogen-bond acceptors (Lipinski definition) is 5. The van der Waals surface area contributed by atoms with Gasteiger partial charge in [0.25, 0.3) is 5.91 Å². The lowest BCUT2D eigenvalue weighted by atomic mass is 9.91. The monoisotopic (exact) mass is 464 g/mol. The average molecular weight is 465 g/mol. The quantitative estimate of drug-likeness (QED) is 0.579. The molecule has 0 unspecified atom stereocenters. The maximum absolute atomic E-state index is 13.0. The molecule has 2 amide bonds. The fourth-order valence-corrected chi connectivity index (χ4v) is 5.55. The minimum absolute atomic E-state index is 0.0120. The zero-order chi connectivity index (χ0) is 23.5. The molecular formula is C23H36N4O4S. The Balaban J connectivity index is 1.53. The van der Waals surface area contributed by atoms with Crippen molar-refractivity contribution >= 4 is 21.8 Å². The summed E-state index contributed by atoms with van der Waals surface area (Å²) in [6.45, 7) is 6.71. The van der Waals surface area contributed by atoms with E-state index in [0.29, 0.717) is 38.0 Å². The van der Waals surface area contributed by atoms with Gasteiger partial charge in [0, 0.05) is 43.7 Å². The molecule has 2 N–H and O–H groups in total. The van der Waals surface area contributed by atoms with E-state index in [2.05, 4.69) is 28.8 Å². The van der Waals surface area contributed by atoms with Gasteiger partial charge in [0.1, 0.15) is 0 Å². The van der Waals surface area contributed by atoms with E-state index in [1.807, 2.05) is 14.1 Å². The number of nitrogens with zero attached hydrogens (tertiary/aromatic N) is 2. The highest BCUT2D eigenvalue weighted by molar-refractivity contribution is 7.89. The van der Waals surface area contributed by atoms with Crippen molar-refractivity contribution in [2.45, 2.75) is 50.5 Å². The summed E-state index contributed by atoms with van der Waals surface area (Å²) >= 11 is 0. The van der Waals surface area contributed by atoms with Crippen molar-refractivity contribution in [3.8, 4) is 0 Å². The van der Waals surface area contributed by atoms with Crippen molar-refractivity contribution in [2.24, 2.45) is 11.3 Å². The highest BCUT2D eigenvalue weighted by atomic mass is 32.2. The largest absolute Gasteiger partial charge is 0.355 e. The first-order chi connectivity index (χ1) is 15.0. The number of sulfonamides is 1. The van der Waals surface area contributed by atoms with Gasteiger partial charge in [0.2, 0.25) is 15.9 Å². The van der Waals surface area contributed by atoms with Gasteiger partial charge in [-0.2, -0.15) is 0 Å². The topological polar surface area (TPSA) is 98.8 Å². The molecule has 1 saturated heterocycles. The summed E-state index contributed by atoms with van der Waals surface area (Å²) < 4.78 is 27.6. The van der Waals surface area contributed by atoms with Gasteiger partial charge < -0.3 is 15.1 Å². The van der Waals surface area contributed by atoms with Crippen LogP contribution in [0.1, 0.15) is 49.9 Å². The molecule has 178 valence electrons. The van der Waals surface area contributed by atoms with Crippen LogP contribution >= 0.6 is 0 Å². The standard InChI is InChI=1S/C23H36N4O4S/c1-23(2,16-26(3)4)15-24-21(28)17-10-12-27(13-11-17)22(29)18-6-5-7-20(14-18)32(30,31)25-19-8-9-19/h5-7,14,17,19,25H,8-13,15-16H2,1-4H3,(H,24,28). The smallest absolute Gasteiger partial charge is 0.253 e. The number of rotatable bonds is 9. The second-order valence-electron chi connectivity index (χ2n) is 10.1. The molecule has 1 heterocycles. The van der Waals surface area contributed by atoms with Gasteiger partial charge in [-0.3, -0.25) is 9.59 Å². The van der Waals surface area contributed by atoms with Gasteiger partial charge in [-0.25, -0.2) is 13.1 Å². The van der Waals surface area contributed by atoms with Crippen molar-refractivity contribution in [1.82, 2.24) is 19.8 Å². The molecule has 2 aliphatic rings. The van der Waals surface area contributed by atoms with Crippen molar-refractivity contribution in [3.05, 3.63) is 29.8 Å². The first kappa shape index (κ1) is 24.7. The van der Waals surface area contributed by atoms with Crippen LogP contribution < -0.4 is 10.0 Å². The number of nitrogens with one attached hydrogen (secondary N) is 2. The molecule has 32 heavy (non-hydrogen) atoms. The Morgan fingerprint density at radius 2 is 1.78 bits per heavy atom. The number of carbonyl (C=O) groups is 2. The van der Waals surface area contributed by atoms with Crippen LogP contribution in [0.4, 0.5) is 0 Å². The van der Waals surface area contributed by atoms with E-state index in [4.69, 9.17) is 0 Å². The van der Waals surface area contributed by atoms with E-state index in [0.717, 1.165) is 19.4 Å². The Morgan fingerprint density at radius 3 is 2.38 bits per heavy atom. The molecular weight excluding hydrogens is 428 g/mol. The predicted octanol–water partition coefficient (Wildman–Crippen LogP) is 1.68. The molecule has 0 radical (unpaired) electrons. The maximum Gasteiger partial charge on any atom is 0.253 e. The van der Waals surface area contributed by atoms with Gasteiger partial charge >= 0.3 is 0 Å². The average Bonchev–Trinajstić information content (AvgIpc) is 3.54. The third kappa shape index (κ3) is 6.76. The van der Waals surface area contributed by atoms with E-state index < -0.39 is 10.0 Å². The number of benzene rings is 1. The van der Waals surface area contributed by atoms with Crippen LogP contribution in [-0.4, -0.2) is 76.3 Å². The van der Waals surface area contributed by atoms with Crippen molar-refractivity contribution in [2.75, 3.05) is 40.3 Å². The van der Waals surface area contributed by atoms with E-state index in [1.54, 1.807) is 17.0 Å². The Morgan fingerprint density at radius 1 is 1.12 bits per heavy atom. The fraction of sp³-hybridized carbons (Fsp3) is 0.652. The highest BCUT2D eigenvalue weighted by Crippen LogP contribution is 2.24. The number of hydrogen-bond donors (Lipinski definition) is 2. The predicted molar refractivity (Wildman–Crippen MR) is 124 cm³/mol. The second-order valence-corrected chi connectivity index (χ2v) is 11.8. The summed E-state index contributed by atoms with van der Waals surface area (Å²) in [5.74, 6) is -0.258. The van der Waals surface area contributed by atoms with Crippen LogP contribution in [0.3, 0.4) is 0 Å². The Labute approximate surface area is 191 Å². The highest BCUT2D eigenvalue weighted by Gasteiger charge is 2.31. The zero-order valence-electron chi connectivity index (χ0n) is 19.6. The minimum atomic E-state index is -3.61. The number of piperidine rings is 1. The van der Waals surface area contributed by atoms with Crippen molar-refractivity contribution in [3.63, 3.8) is 0 Å². The van der Waals surface area contributed by atoms with Gasteiger partial charge in [0.05, 0.1) is 4.90 Å². The number of carbonyl (C=O) groups excluding carboxylic acids is 2. The third-order valence-corrected chi connectivity index (χ3v) is 7.45. The molecule has 0 spiro atoms. The Bertz CT molecular complexity index is 933. The SMILES string of the molecule is CN(C)CC(C)(C)CNC(=O)C1CCN(C(=O)c2cccc(S(=O)(=O)NC3CC3)c2)CC1. The molecule has 1 saturated carbocycles. The first-order valence-electron chi connectivity index (χ1n) is 11.3. The van der Waals surface area contributed by atoms with Crippen LogP contribution in [0.2, 0.25) is 0 Å². The lowest BCUT2D eigenvalue weighted by Crippen LogP contribution is -2.46. The first-order valence-corrected chi connectivity index (χ1v) is 12.8. The molecule has 0 atom stereocenters. The van der Waals surface area contributed by atoms with Crippen molar-refractivity contribution < 1.29 is 18.0 Å². The molecule has 0 bridgehead atoms. The van der Waals surface area contributed by atoms with Gasteiger partial charge in [-0.05, 0) is 63.4 Å². The van der Waals surface area contributed by atoms with Crippen molar-refractivity contribution in [1.29, 1.82) is 0 Å². The molecule has 8 nitrogen and oxygen atoms in total. The molecule has 1 aliphatic heterocycles. The van der Waals surface area contributed by atoms with E-state index in [9.17, 15) is 18.0 Å². The summed E-state index contributed by atoms with van der Waals surface area (Å²) in [4.78, 5) is 29.5. The molecule has 1 aliphatic carbocycles. The second kappa shape index (κ2) is 9.89. The number of likely N-dealkylation sites (tertiary alicyclic amines) is 1. The number of amides is 2. The Hall–Kier alpha value is -1.97. The fourth-order valence-electron chi connectivity index (χ4n) is 4.19. The van der Waals surface area contributed by atoms with Gasteiger partial charge in [-0.1, -0.05) is 19.9 Å². The summed E-state index contributed by atoms with van der Waals surface area (Å²) in [5, 5.41) is 3.08. The van der Waals surface area contributed by atoms with Gasteiger partial charge in [-0.15, -0.1) is 0 Å². The summed E-state index contributed by atoms with van der Waals surface area (Å²) in [5.41, 5.74) is 0.340. The Kier molecular flexibility index (Phi) is 7.62. The van der Waals surface area contributed by atoms with Crippen LogP contribution in [-0.2, 0) is 14.8 Å². The summed E-state index contributed by atoms with van der Waals surface area (Å²) in [6.07, 6.45) is 2.92. The summed E-state index contributed by atoms with van der Waals surface area (Å²) in [7, 11) is 0.431. The minimum Gasteiger partial charge on any atom is -0.355 e. The molecule has 2 fully saturated rings. The van der Waals surface area contributed by atoms with Crippen LogP contribution in [0, 0.1) is 11.3 Å². The van der Waals surface area contributed by atoms with E-state index in [-0.39, 0.29) is 34.1 Å². The molecule has 9 heteroatoms. The maximum atomic E-state index is 13.0. The zero-order valence-corrected chi connectivity index (χ0v) is 20.4.